The molecule has 0 fully saturated rings. The van der Waals surface area contributed by atoms with Crippen LogP contribution in [0.5, 0.6) is 0 Å². The molecule has 26 heavy (non-hydrogen) atoms. The molecule has 7 heteroatoms. The summed E-state index contributed by atoms with van der Waals surface area (Å²) in [6.45, 7) is 2.12. The lowest BCUT2D eigenvalue weighted by molar-refractivity contribution is -0.907. The molecule has 0 aliphatic heterocycles. The first-order chi connectivity index (χ1) is 12.2. The molecule has 0 spiro atoms. The van der Waals surface area contributed by atoms with Gasteiger partial charge in [0.1, 0.15) is 12.6 Å². The molecule has 0 saturated heterocycles. The molecule has 2 aromatic carbocycles. The Morgan fingerprint density at radius 3 is 2.38 bits per heavy atom. The number of nitriles is 1. The molecule has 1 amide bonds. The average molecular weight is 362 g/mol. The molecule has 0 aliphatic rings. The van der Waals surface area contributed by atoms with Gasteiger partial charge < -0.3 is 10.2 Å². The maximum atomic E-state index is 12.6. The third-order valence-electron chi connectivity index (χ3n) is 4.20. The lowest BCUT2D eigenvalue weighted by atomic mass is 10.1. The van der Waals surface area contributed by atoms with Crippen LogP contribution in [0.1, 0.15) is 23.6 Å². The van der Waals surface area contributed by atoms with Gasteiger partial charge in [-0.2, -0.15) is 18.4 Å². The fourth-order valence-corrected chi connectivity index (χ4v) is 2.44. The fourth-order valence-electron chi connectivity index (χ4n) is 2.44. The normalized spacial score (nSPS) is 13.5. The van der Waals surface area contributed by atoms with Gasteiger partial charge in [-0.05, 0) is 31.2 Å². The monoisotopic (exact) mass is 362 g/mol. The minimum Gasteiger partial charge on any atom is -0.324 e. The second kappa shape index (κ2) is 8.02. The van der Waals surface area contributed by atoms with Gasteiger partial charge in [-0.15, -0.1) is 0 Å². The summed E-state index contributed by atoms with van der Waals surface area (Å²) in [7, 11) is 1.79. The maximum Gasteiger partial charge on any atom is 0.416 e. The van der Waals surface area contributed by atoms with E-state index in [1.165, 1.54) is 12.1 Å². The fraction of sp³-hybridized carbons (Fsp3) is 0.263. The van der Waals surface area contributed by atoms with Crippen LogP contribution in [0.2, 0.25) is 0 Å². The predicted octanol–water partition coefficient (Wildman–Crippen LogP) is 2.62. The number of alkyl halides is 3. The summed E-state index contributed by atoms with van der Waals surface area (Å²) in [5.74, 6) is -0.267. The van der Waals surface area contributed by atoms with Crippen LogP contribution in [0, 0.1) is 11.3 Å². The van der Waals surface area contributed by atoms with Crippen LogP contribution in [-0.2, 0) is 17.5 Å². The number of quaternary nitrogens is 1. The molecule has 2 aromatic rings. The first kappa shape index (κ1) is 19.5. The summed E-state index contributed by atoms with van der Waals surface area (Å²) < 4.78 is 37.8. The van der Waals surface area contributed by atoms with Gasteiger partial charge in [0.25, 0.3) is 5.91 Å². The van der Waals surface area contributed by atoms with Crippen molar-refractivity contribution >= 4 is 11.6 Å². The average Bonchev–Trinajstić information content (AvgIpc) is 2.61. The Bertz CT molecular complexity index is 810. The Hall–Kier alpha value is -2.85. The largest absolute Gasteiger partial charge is 0.416 e. The number of amides is 1. The van der Waals surface area contributed by atoms with Gasteiger partial charge in [-0.3, -0.25) is 4.79 Å². The van der Waals surface area contributed by atoms with E-state index >= 15 is 0 Å². The van der Waals surface area contributed by atoms with Crippen LogP contribution in [0.15, 0.2) is 48.5 Å². The maximum absolute atomic E-state index is 12.6. The van der Waals surface area contributed by atoms with Gasteiger partial charge in [-0.1, -0.05) is 24.3 Å². The molecular formula is C19H19F3N3O+. The number of benzene rings is 2. The number of hydrogen-bond donors (Lipinski definition) is 2. The molecule has 0 aromatic heterocycles. The Morgan fingerprint density at radius 2 is 1.81 bits per heavy atom. The molecule has 0 saturated carbocycles. The quantitative estimate of drug-likeness (QED) is 0.859. The van der Waals surface area contributed by atoms with E-state index in [9.17, 15) is 18.0 Å². The molecule has 2 atom stereocenters. The summed E-state index contributed by atoms with van der Waals surface area (Å²) in [5, 5.41) is 11.8. The van der Waals surface area contributed by atoms with Crippen molar-refractivity contribution in [1.29, 1.82) is 5.26 Å². The van der Waals surface area contributed by atoms with E-state index in [1.54, 1.807) is 38.2 Å². The third kappa shape index (κ3) is 4.83. The highest BCUT2D eigenvalue weighted by Crippen LogP contribution is 2.28. The van der Waals surface area contributed by atoms with Crippen molar-refractivity contribution in [2.75, 3.05) is 12.4 Å². The smallest absolute Gasteiger partial charge is 0.324 e. The molecule has 4 nitrogen and oxygen atoms in total. The molecule has 1 unspecified atom stereocenters. The Labute approximate surface area is 149 Å². The summed E-state index contributed by atoms with van der Waals surface area (Å²) >= 11 is 0. The van der Waals surface area contributed by atoms with Crippen molar-refractivity contribution in [2.45, 2.75) is 25.7 Å². The van der Waals surface area contributed by atoms with Gasteiger partial charge in [0, 0.05) is 5.56 Å². The zero-order valence-electron chi connectivity index (χ0n) is 14.4. The van der Waals surface area contributed by atoms with E-state index in [2.05, 4.69) is 5.32 Å². The zero-order valence-corrected chi connectivity index (χ0v) is 14.4. The van der Waals surface area contributed by atoms with Gasteiger partial charge in [-0.25, -0.2) is 0 Å². The second-order valence-electron chi connectivity index (χ2n) is 6.09. The van der Waals surface area contributed by atoms with Gasteiger partial charge in [0.05, 0.1) is 23.9 Å². The van der Waals surface area contributed by atoms with Gasteiger partial charge in [0.15, 0.2) is 6.04 Å². The Kier molecular flexibility index (Phi) is 6.01. The van der Waals surface area contributed by atoms with Crippen molar-refractivity contribution in [3.8, 4) is 6.07 Å². The molecule has 136 valence electrons. The lowest BCUT2D eigenvalue weighted by Gasteiger charge is -2.21. The summed E-state index contributed by atoms with van der Waals surface area (Å²) in [6, 6.07) is 13.2. The first-order valence-electron chi connectivity index (χ1n) is 8.01. The molecule has 2 N–H and O–H groups in total. The number of rotatable bonds is 5. The summed E-state index contributed by atoms with van der Waals surface area (Å²) in [5.41, 5.74) is 0.813. The number of hydrogen-bond acceptors (Lipinski definition) is 2. The number of halogens is 3. The topological polar surface area (TPSA) is 57.3 Å². The number of anilines is 1. The van der Waals surface area contributed by atoms with Crippen molar-refractivity contribution in [2.24, 2.45) is 0 Å². The minimum atomic E-state index is -4.36. The van der Waals surface area contributed by atoms with Gasteiger partial charge in [0.2, 0.25) is 0 Å². The molecular weight excluding hydrogens is 343 g/mol. The van der Waals surface area contributed by atoms with E-state index in [1.807, 2.05) is 6.07 Å². The number of para-hydroxylation sites is 1. The third-order valence-corrected chi connectivity index (χ3v) is 4.20. The molecule has 0 aliphatic carbocycles. The van der Waals surface area contributed by atoms with E-state index < -0.39 is 17.8 Å². The number of nitrogens with one attached hydrogen (secondary N) is 2. The van der Waals surface area contributed by atoms with Crippen molar-refractivity contribution in [3.63, 3.8) is 0 Å². The standard InChI is InChI=1S/C19H18F3N3O/c1-13(18(26)24-17-6-4-3-5-15(17)11-23)25(2)12-14-7-9-16(10-8-14)19(20,21)22/h3-10,13H,12H2,1-2H3,(H,24,26)/p+1/t13-/m1/s1. The highest BCUT2D eigenvalue weighted by Gasteiger charge is 2.30. The Morgan fingerprint density at radius 1 is 1.19 bits per heavy atom. The highest BCUT2D eigenvalue weighted by atomic mass is 19.4. The molecule has 0 radical (unpaired) electrons. The van der Waals surface area contributed by atoms with E-state index in [0.29, 0.717) is 23.4 Å². The van der Waals surface area contributed by atoms with Crippen molar-refractivity contribution in [1.82, 2.24) is 0 Å². The van der Waals surface area contributed by atoms with E-state index in [-0.39, 0.29) is 5.91 Å². The van der Waals surface area contributed by atoms with Crippen LogP contribution in [0.3, 0.4) is 0 Å². The Balaban J connectivity index is 2.01. The van der Waals surface area contributed by atoms with E-state index in [4.69, 9.17) is 5.26 Å². The lowest BCUT2D eigenvalue weighted by Crippen LogP contribution is -3.12. The summed E-state index contributed by atoms with van der Waals surface area (Å²) in [6.07, 6.45) is -4.36. The zero-order chi connectivity index (χ0) is 19.3. The van der Waals surface area contributed by atoms with Gasteiger partial charge >= 0.3 is 6.18 Å². The minimum absolute atomic E-state index is 0.267. The number of likely N-dealkylation sites (N-methyl/N-ethyl adjacent to an activating group) is 1. The highest BCUT2D eigenvalue weighted by molar-refractivity contribution is 5.94. The van der Waals surface area contributed by atoms with Crippen molar-refractivity contribution in [3.05, 3.63) is 65.2 Å². The van der Waals surface area contributed by atoms with Crippen molar-refractivity contribution < 1.29 is 22.9 Å². The van der Waals surface area contributed by atoms with Crippen LogP contribution in [0.25, 0.3) is 0 Å². The molecule has 2 rings (SSSR count). The number of nitrogens with zero attached hydrogens (tertiary/aromatic N) is 1. The first-order valence-corrected chi connectivity index (χ1v) is 8.01. The predicted molar refractivity (Wildman–Crippen MR) is 91.3 cm³/mol. The van der Waals surface area contributed by atoms with E-state index in [0.717, 1.165) is 17.0 Å². The summed E-state index contributed by atoms with van der Waals surface area (Å²) in [4.78, 5) is 13.2. The van der Waals surface area contributed by atoms with Crippen LogP contribution >= 0.6 is 0 Å². The van der Waals surface area contributed by atoms with Crippen LogP contribution < -0.4 is 10.2 Å². The molecule has 0 bridgehead atoms. The SMILES string of the molecule is C[C@H](C(=O)Nc1ccccc1C#N)[NH+](C)Cc1ccc(C(F)(F)F)cc1. The van der Waals surface area contributed by atoms with Crippen LogP contribution in [-0.4, -0.2) is 19.0 Å². The number of carbonyl (C=O) groups is 1. The molecule has 0 heterocycles. The second-order valence-corrected chi connectivity index (χ2v) is 6.09. The number of carbonyl (C=O) groups excluding carboxylic acids is 1. The van der Waals surface area contributed by atoms with Crippen LogP contribution in [0.4, 0.5) is 18.9 Å².